The van der Waals surface area contributed by atoms with Crippen molar-refractivity contribution in [2.75, 3.05) is 39.9 Å². The predicted octanol–water partition coefficient (Wildman–Crippen LogP) is 3.30. The lowest BCUT2D eigenvalue weighted by Gasteiger charge is -2.28. The fourth-order valence-corrected chi connectivity index (χ4v) is 5.78. The Hall–Kier alpha value is -1.70. The Labute approximate surface area is 177 Å². The highest BCUT2D eigenvalue weighted by Crippen LogP contribution is 2.50. The van der Waals surface area contributed by atoms with Crippen LogP contribution in [0.4, 0.5) is 0 Å². The third-order valence-corrected chi connectivity index (χ3v) is 7.46. The van der Waals surface area contributed by atoms with Crippen LogP contribution in [0.2, 0.25) is 0 Å². The lowest BCUT2D eigenvalue weighted by Crippen LogP contribution is -2.40. The van der Waals surface area contributed by atoms with Gasteiger partial charge in [0.05, 0.1) is 24.0 Å². The maximum Gasteiger partial charge on any atom is 0.230 e. The third kappa shape index (κ3) is 3.88. The zero-order valence-electron chi connectivity index (χ0n) is 17.9. The molecule has 158 valence electrons. The highest BCUT2D eigenvalue weighted by atomic mass is 32.1. The van der Waals surface area contributed by atoms with Crippen LogP contribution in [0.5, 0.6) is 0 Å². The molecule has 0 radical (unpaired) electrons. The summed E-state index contributed by atoms with van der Waals surface area (Å²) in [6, 6.07) is 4.77. The van der Waals surface area contributed by atoms with Crippen molar-refractivity contribution in [3.05, 3.63) is 40.1 Å². The van der Waals surface area contributed by atoms with Crippen molar-refractivity contribution in [3.8, 4) is 0 Å². The van der Waals surface area contributed by atoms with Crippen LogP contribution in [0.15, 0.2) is 24.7 Å². The van der Waals surface area contributed by atoms with Crippen LogP contribution in [-0.2, 0) is 16.1 Å². The van der Waals surface area contributed by atoms with Crippen LogP contribution in [0, 0.1) is 12.3 Å². The number of carbonyl (C=O) groups is 1. The van der Waals surface area contributed by atoms with Gasteiger partial charge in [-0.15, -0.1) is 11.3 Å². The smallest absolute Gasteiger partial charge is 0.230 e. The van der Waals surface area contributed by atoms with Crippen LogP contribution >= 0.6 is 11.3 Å². The minimum Gasteiger partial charge on any atom is -0.383 e. The zero-order valence-corrected chi connectivity index (χ0v) is 18.7. The van der Waals surface area contributed by atoms with E-state index in [-0.39, 0.29) is 17.2 Å². The Morgan fingerprint density at radius 3 is 2.86 bits per heavy atom. The number of rotatable bonds is 7. The van der Waals surface area contributed by atoms with Crippen molar-refractivity contribution in [2.24, 2.45) is 5.41 Å². The Balaban J connectivity index is 1.61. The van der Waals surface area contributed by atoms with Gasteiger partial charge in [0.15, 0.2) is 0 Å². The molecule has 6 nitrogen and oxygen atoms in total. The summed E-state index contributed by atoms with van der Waals surface area (Å²) in [6.45, 7) is 11.2. The molecule has 0 aromatic carbocycles. The summed E-state index contributed by atoms with van der Waals surface area (Å²) in [5.74, 6) is 0.423. The molecule has 2 aliphatic heterocycles. The monoisotopic (exact) mass is 416 g/mol. The van der Waals surface area contributed by atoms with E-state index in [2.05, 4.69) is 48.6 Å². The van der Waals surface area contributed by atoms with E-state index in [1.54, 1.807) is 7.11 Å². The molecule has 0 N–H and O–H groups in total. The van der Waals surface area contributed by atoms with Crippen LogP contribution in [0.3, 0.4) is 0 Å². The van der Waals surface area contributed by atoms with Crippen LogP contribution in [-0.4, -0.2) is 65.2 Å². The molecular formula is C22H32N4O2S. The minimum absolute atomic E-state index is 0.142. The molecule has 29 heavy (non-hydrogen) atoms. The first-order chi connectivity index (χ1) is 13.9. The van der Waals surface area contributed by atoms with Crippen molar-refractivity contribution in [1.29, 1.82) is 0 Å². The fourth-order valence-electron chi connectivity index (χ4n) is 4.85. The van der Waals surface area contributed by atoms with E-state index in [1.807, 2.05) is 22.6 Å². The number of carbonyl (C=O) groups excluding carboxylic acids is 1. The summed E-state index contributed by atoms with van der Waals surface area (Å²) in [5, 5.41) is 0. The van der Waals surface area contributed by atoms with Gasteiger partial charge in [-0.3, -0.25) is 9.69 Å². The van der Waals surface area contributed by atoms with Crippen molar-refractivity contribution in [2.45, 2.75) is 45.7 Å². The van der Waals surface area contributed by atoms with Crippen molar-refractivity contribution in [1.82, 2.24) is 19.4 Å². The molecule has 2 aliphatic rings. The van der Waals surface area contributed by atoms with E-state index in [0.29, 0.717) is 19.2 Å². The molecule has 2 atom stereocenters. The van der Waals surface area contributed by atoms with E-state index in [9.17, 15) is 4.79 Å². The first-order valence-electron chi connectivity index (χ1n) is 10.5. The molecule has 2 fully saturated rings. The maximum absolute atomic E-state index is 13.6. The SMILES string of the molecule is COCCN1CC[C@]2(CN(Cc3ccc(C)s3)C[C@H]2c2cn(C(C)C)cn2)C1=O. The molecule has 2 saturated heterocycles. The Bertz CT molecular complexity index is 861. The van der Waals surface area contributed by atoms with Gasteiger partial charge in [0.25, 0.3) is 0 Å². The van der Waals surface area contributed by atoms with E-state index < -0.39 is 0 Å². The number of hydrogen-bond donors (Lipinski definition) is 0. The number of ether oxygens (including phenoxy) is 1. The van der Waals surface area contributed by atoms with Gasteiger partial charge in [0.2, 0.25) is 5.91 Å². The second-order valence-corrected chi connectivity index (χ2v) is 10.1. The van der Waals surface area contributed by atoms with Gasteiger partial charge >= 0.3 is 0 Å². The molecule has 4 heterocycles. The summed E-state index contributed by atoms with van der Waals surface area (Å²) in [4.78, 5) is 25.5. The molecule has 2 aromatic heterocycles. The second kappa shape index (κ2) is 8.20. The molecule has 4 rings (SSSR count). The first kappa shape index (κ1) is 20.6. The van der Waals surface area contributed by atoms with E-state index in [1.165, 1.54) is 9.75 Å². The molecule has 0 bridgehead atoms. The van der Waals surface area contributed by atoms with Gasteiger partial charge < -0.3 is 14.2 Å². The van der Waals surface area contributed by atoms with Crippen LogP contribution in [0.1, 0.15) is 47.7 Å². The van der Waals surface area contributed by atoms with Gasteiger partial charge in [-0.2, -0.15) is 0 Å². The summed E-state index contributed by atoms with van der Waals surface area (Å²) in [6.07, 6.45) is 4.97. The average Bonchev–Trinajstić information content (AvgIpc) is 3.44. The third-order valence-electron chi connectivity index (χ3n) is 6.47. The number of hydrogen-bond acceptors (Lipinski definition) is 5. The maximum atomic E-state index is 13.6. The first-order valence-corrected chi connectivity index (χ1v) is 11.3. The standard InChI is InChI=1S/C22H32N4O2S/c1-16(2)26-13-20(23-15-26)19-12-24(11-18-6-5-17(3)29-18)14-22(19)7-8-25(21(22)27)9-10-28-4/h5-6,13,15-16,19H,7-12,14H2,1-4H3/t19-,22+/m0/s1. The van der Waals surface area contributed by atoms with Crippen molar-refractivity contribution in [3.63, 3.8) is 0 Å². The van der Waals surface area contributed by atoms with Crippen LogP contribution in [0.25, 0.3) is 0 Å². The topological polar surface area (TPSA) is 50.6 Å². The predicted molar refractivity (Wildman–Crippen MR) is 115 cm³/mol. The Kier molecular flexibility index (Phi) is 5.82. The minimum atomic E-state index is -0.365. The lowest BCUT2D eigenvalue weighted by molar-refractivity contribution is -0.136. The Morgan fingerprint density at radius 2 is 2.21 bits per heavy atom. The van der Waals surface area contributed by atoms with E-state index in [0.717, 1.165) is 38.3 Å². The summed E-state index contributed by atoms with van der Waals surface area (Å²) < 4.78 is 7.38. The van der Waals surface area contributed by atoms with E-state index in [4.69, 9.17) is 9.72 Å². The number of methoxy groups -OCH3 is 1. The van der Waals surface area contributed by atoms with Gasteiger partial charge in [0.1, 0.15) is 0 Å². The molecular weight excluding hydrogens is 384 g/mol. The molecule has 0 unspecified atom stereocenters. The van der Waals surface area contributed by atoms with Crippen molar-refractivity contribution < 1.29 is 9.53 Å². The number of aryl methyl sites for hydroxylation is 1. The highest BCUT2D eigenvalue weighted by molar-refractivity contribution is 7.11. The van der Waals surface area contributed by atoms with Crippen LogP contribution < -0.4 is 0 Å². The molecule has 7 heteroatoms. The average molecular weight is 417 g/mol. The quantitative estimate of drug-likeness (QED) is 0.695. The van der Waals surface area contributed by atoms with E-state index >= 15 is 0 Å². The number of nitrogens with zero attached hydrogens (tertiary/aromatic N) is 4. The zero-order chi connectivity index (χ0) is 20.6. The normalized spacial score (nSPS) is 25.2. The molecule has 0 aliphatic carbocycles. The van der Waals surface area contributed by atoms with Crippen molar-refractivity contribution >= 4 is 17.2 Å². The summed E-state index contributed by atoms with van der Waals surface area (Å²) in [5.41, 5.74) is 0.696. The summed E-state index contributed by atoms with van der Waals surface area (Å²) in [7, 11) is 1.69. The largest absolute Gasteiger partial charge is 0.383 e. The number of likely N-dealkylation sites (tertiary alicyclic amines) is 2. The fraction of sp³-hybridized carbons (Fsp3) is 0.636. The number of amides is 1. The molecule has 1 amide bonds. The summed E-state index contributed by atoms with van der Waals surface area (Å²) >= 11 is 1.85. The number of thiophene rings is 1. The second-order valence-electron chi connectivity index (χ2n) is 8.77. The number of aromatic nitrogens is 2. The van der Waals surface area contributed by atoms with Gasteiger partial charge in [-0.25, -0.2) is 4.98 Å². The molecule has 2 aromatic rings. The van der Waals surface area contributed by atoms with Gasteiger partial charge in [-0.05, 0) is 39.3 Å². The molecule has 1 spiro atoms. The van der Waals surface area contributed by atoms with Gasteiger partial charge in [0, 0.05) is 67.7 Å². The Morgan fingerprint density at radius 1 is 1.38 bits per heavy atom. The highest BCUT2D eigenvalue weighted by Gasteiger charge is 2.57. The van der Waals surface area contributed by atoms with Gasteiger partial charge in [-0.1, -0.05) is 0 Å². The lowest BCUT2D eigenvalue weighted by atomic mass is 9.75. The number of imidazole rings is 1. The molecule has 0 saturated carbocycles.